The van der Waals surface area contributed by atoms with E-state index in [2.05, 4.69) is 0 Å². The molecule has 1 aromatic carbocycles. The monoisotopic (exact) mass is 304 g/mol. The van der Waals surface area contributed by atoms with Gasteiger partial charge in [-0.05, 0) is 6.92 Å². The van der Waals surface area contributed by atoms with Gasteiger partial charge in [0.15, 0.2) is 0 Å². The maximum absolute atomic E-state index is 11.9. The lowest BCUT2D eigenvalue weighted by molar-refractivity contribution is -0.692. The van der Waals surface area contributed by atoms with Crippen LogP contribution in [0.15, 0.2) is 43.0 Å². The standard InChI is InChI=1S/C15H18N3O4/c1-3-16-8-9-17(11-16)15(19)22-10-12(2)13-6-4-5-7-14(13)18(20)21/h4-9,11-12H,3,10H2,1-2H3/q+1. The van der Waals surface area contributed by atoms with Crippen molar-refractivity contribution < 1.29 is 19.0 Å². The molecule has 2 aromatic rings. The Bertz CT molecular complexity index is 681. The van der Waals surface area contributed by atoms with Gasteiger partial charge < -0.3 is 4.74 Å². The third kappa shape index (κ3) is 3.49. The Labute approximate surface area is 127 Å². The number of carbonyl (C=O) groups excluding carboxylic acids is 1. The number of nitrogens with zero attached hydrogens (tertiary/aromatic N) is 3. The molecule has 0 amide bonds. The van der Waals surface area contributed by atoms with E-state index in [1.54, 1.807) is 43.8 Å². The zero-order chi connectivity index (χ0) is 16.1. The molecule has 7 heteroatoms. The molecule has 0 radical (unpaired) electrons. The van der Waals surface area contributed by atoms with E-state index in [0.29, 0.717) is 5.56 Å². The lowest BCUT2D eigenvalue weighted by atomic mass is 10.0. The second-order valence-electron chi connectivity index (χ2n) is 4.95. The van der Waals surface area contributed by atoms with E-state index in [9.17, 15) is 14.9 Å². The predicted octanol–water partition coefficient (Wildman–Crippen LogP) is 2.49. The highest BCUT2D eigenvalue weighted by Gasteiger charge is 2.21. The molecule has 1 unspecified atom stereocenters. The van der Waals surface area contributed by atoms with E-state index in [1.165, 1.54) is 10.6 Å². The minimum Gasteiger partial charge on any atom is -0.430 e. The molecule has 0 bridgehead atoms. The van der Waals surface area contributed by atoms with Crippen molar-refractivity contribution in [2.75, 3.05) is 6.61 Å². The zero-order valence-electron chi connectivity index (χ0n) is 12.5. The average molecular weight is 304 g/mol. The van der Waals surface area contributed by atoms with Crippen LogP contribution >= 0.6 is 0 Å². The first-order valence-corrected chi connectivity index (χ1v) is 7.00. The topological polar surface area (TPSA) is 78.2 Å². The summed E-state index contributed by atoms with van der Waals surface area (Å²) in [6.45, 7) is 4.59. The van der Waals surface area contributed by atoms with E-state index in [0.717, 1.165) is 6.54 Å². The van der Waals surface area contributed by atoms with E-state index in [4.69, 9.17) is 4.74 Å². The summed E-state index contributed by atoms with van der Waals surface area (Å²) in [5.74, 6) is -0.264. The quantitative estimate of drug-likeness (QED) is 0.483. The van der Waals surface area contributed by atoms with E-state index in [-0.39, 0.29) is 18.2 Å². The molecule has 0 aliphatic rings. The fraction of sp³-hybridized carbons (Fsp3) is 0.333. The molecular weight excluding hydrogens is 286 g/mol. The first kappa shape index (κ1) is 15.7. The normalized spacial score (nSPS) is 11.9. The van der Waals surface area contributed by atoms with Crippen LogP contribution in [0.5, 0.6) is 0 Å². The Morgan fingerprint density at radius 1 is 1.45 bits per heavy atom. The molecular formula is C15H18N3O4+. The van der Waals surface area contributed by atoms with Gasteiger partial charge >= 0.3 is 6.09 Å². The summed E-state index contributed by atoms with van der Waals surface area (Å²) < 4.78 is 8.41. The van der Waals surface area contributed by atoms with Crippen LogP contribution in [-0.4, -0.2) is 22.2 Å². The molecule has 116 valence electrons. The summed E-state index contributed by atoms with van der Waals surface area (Å²) in [7, 11) is 0. The molecule has 1 heterocycles. The molecule has 0 saturated carbocycles. The number of hydrogen-bond acceptors (Lipinski definition) is 4. The third-order valence-corrected chi connectivity index (χ3v) is 3.39. The Kier molecular flexibility index (Phi) is 4.88. The molecule has 0 N–H and O–H groups in total. The van der Waals surface area contributed by atoms with E-state index >= 15 is 0 Å². The van der Waals surface area contributed by atoms with Gasteiger partial charge in [0.05, 0.1) is 11.5 Å². The number of nitro benzene ring substituents is 1. The second-order valence-corrected chi connectivity index (χ2v) is 4.95. The van der Waals surface area contributed by atoms with Crippen molar-refractivity contribution in [3.05, 3.63) is 58.7 Å². The summed E-state index contributed by atoms with van der Waals surface area (Å²) >= 11 is 0. The lowest BCUT2D eigenvalue weighted by Gasteiger charge is -2.11. The summed E-state index contributed by atoms with van der Waals surface area (Å²) in [5, 5.41) is 11.0. The summed E-state index contributed by atoms with van der Waals surface area (Å²) in [6.07, 6.45) is 4.52. The van der Waals surface area contributed by atoms with Crippen LogP contribution in [0.4, 0.5) is 10.5 Å². The summed E-state index contributed by atoms with van der Waals surface area (Å²) in [5.41, 5.74) is 0.590. The number of imidazole rings is 1. The number of benzene rings is 1. The van der Waals surface area contributed by atoms with Crippen LogP contribution in [0.3, 0.4) is 0 Å². The van der Waals surface area contributed by atoms with Gasteiger partial charge in [-0.25, -0.2) is 4.57 Å². The SMILES string of the molecule is CC[n+]1ccn(C(=O)OCC(C)c2ccccc2[N+](=O)[O-])c1. The van der Waals surface area contributed by atoms with Crippen LogP contribution in [0.1, 0.15) is 25.3 Å². The van der Waals surface area contributed by atoms with Crippen LogP contribution < -0.4 is 4.57 Å². The van der Waals surface area contributed by atoms with Crippen molar-refractivity contribution in [2.24, 2.45) is 0 Å². The van der Waals surface area contributed by atoms with Crippen molar-refractivity contribution in [1.82, 2.24) is 4.57 Å². The van der Waals surface area contributed by atoms with Crippen molar-refractivity contribution >= 4 is 11.8 Å². The number of rotatable bonds is 5. The fourth-order valence-corrected chi connectivity index (χ4v) is 2.12. The van der Waals surface area contributed by atoms with Gasteiger partial charge in [0.2, 0.25) is 0 Å². The van der Waals surface area contributed by atoms with Gasteiger partial charge in [0.1, 0.15) is 19.0 Å². The average Bonchev–Trinajstić information content (AvgIpc) is 3.01. The van der Waals surface area contributed by atoms with Gasteiger partial charge in [-0.1, -0.05) is 25.1 Å². The number of aromatic nitrogens is 2. The molecule has 0 aliphatic heterocycles. The Morgan fingerprint density at radius 2 is 2.18 bits per heavy atom. The van der Waals surface area contributed by atoms with Crippen molar-refractivity contribution in [2.45, 2.75) is 26.3 Å². The maximum atomic E-state index is 11.9. The van der Waals surface area contributed by atoms with Gasteiger partial charge in [0, 0.05) is 17.5 Å². The molecule has 2 rings (SSSR count). The lowest BCUT2D eigenvalue weighted by Crippen LogP contribution is -2.29. The number of aryl methyl sites for hydroxylation is 1. The number of ether oxygens (including phenoxy) is 1. The Balaban J connectivity index is 2.02. The van der Waals surface area contributed by atoms with Gasteiger partial charge in [-0.15, -0.1) is 4.57 Å². The first-order chi connectivity index (χ1) is 10.5. The van der Waals surface area contributed by atoms with Crippen LogP contribution in [0.2, 0.25) is 0 Å². The number of para-hydroxylation sites is 1. The molecule has 7 nitrogen and oxygen atoms in total. The van der Waals surface area contributed by atoms with Crippen molar-refractivity contribution in [1.29, 1.82) is 0 Å². The number of carbonyl (C=O) groups is 1. The Morgan fingerprint density at radius 3 is 2.82 bits per heavy atom. The molecule has 0 aliphatic carbocycles. The highest BCUT2D eigenvalue weighted by Crippen LogP contribution is 2.26. The van der Waals surface area contributed by atoms with E-state index < -0.39 is 11.0 Å². The minimum atomic E-state index is -0.502. The zero-order valence-corrected chi connectivity index (χ0v) is 12.5. The summed E-state index contributed by atoms with van der Waals surface area (Å²) in [6, 6.07) is 6.47. The predicted molar refractivity (Wildman–Crippen MR) is 78.6 cm³/mol. The first-order valence-electron chi connectivity index (χ1n) is 7.00. The molecule has 0 saturated heterocycles. The maximum Gasteiger partial charge on any atom is 0.511 e. The van der Waals surface area contributed by atoms with Gasteiger partial charge in [0.25, 0.3) is 12.0 Å². The van der Waals surface area contributed by atoms with Gasteiger partial charge in [-0.3, -0.25) is 10.1 Å². The molecule has 22 heavy (non-hydrogen) atoms. The van der Waals surface area contributed by atoms with E-state index in [1.807, 2.05) is 11.5 Å². The largest absolute Gasteiger partial charge is 0.511 e. The fourth-order valence-electron chi connectivity index (χ4n) is 2.12. The highest BCUT2D eigenvalue weighted by molar-refractivity contribution is 5.69. The van der Waals surface area contributed by atoms with Crippen molar-refractivity contribution in [3.8, 4) is 0 Å². The number of hydrogen-bond donors (Lipinski definition) is 0. The molecule has 1 aromatic heterocycles. The molecule has 0 fully saturated rings. The molecule has 0 spiro atoms. The van der Waals surface area contributed by atoms with Crippen LogP contribution in [0, 0.1) is 10.1 Å². The third-order valence-electron chi connectivity index (χ3n) is 3.39. The summed E-state index contributed by atoms with van der Waals surface area (Å²) in [4.78, 5) is 22.5. The van der Waals surface area contributed by atoms with Crippen molar-refractivity contribution in [3.63, 3.8) is 0 Å². The Hall–Kier alpha value is -2.70. The van der Waals surface area contributed by atoms with Crippen LogP contribution in [-0.2, 0) is 11.3 Å². The highest BCUT2D eigenvalue weighted by atomic mass is 16.6. The number of nitro groups is 1. The van der Waals surface area contributed by atoms with Crippen LogP contribution in [0.25, 0.3) is 0 Å². The minimum absolute atomic E-state index is 0.0378. The second kappa shape index (κ2) is 6.84. The van der Waals surface area contributed by atoms with Gasteiger partial charge in [-0.2, -0.15) is 4.79 Å². The smallest absolute Gasteiger partial charge is 0.430 e. The molecule has 1 atom stereocenters.